The molecule has 1 amide bonds. The minimum Gasteiger partial charge on any atom is -0.378 e. The summed E-state index contributed by atoms with van der Waals surface area (Å²) in [6, 6.07) is 7.30. The summed E-state index contributed by atoms with van der Waals surface area (Å²) in [5.74, 6) is 1.06. The molecule has 1 aromatic heterocycles. The summed E-state index contributed by atoms with van der Waals surface area (Å²) in [4.78, 5) is 15.4. The van der Waals surface area contributed by atoms with Crippen molar-refractivity contribution >= 4 is 11.6 Å². The molecule has 2 aromatic rings. The number of carbonyl (C=O) groups excluding carboxylic acids is 1. The van der Waals surface area contributed by atoms with Gasteiger partial charge in [-0.1, -0.05) is 5.16 Å². The molecule has 1 fully saturated rings. The van der Waals surface area contributed by atoms with E-state index >= 15 is 0 Å². The van der Waals surface area contributed by atoms with Gasteiger partial charge in [0, 0.05) is 31.2 Å². The van der Waals surface area contributed by atoms with Crippen LogP contribution in [0.1, 0.15) is 25.6 Å². The summed E-state index contributed by atoms with van der Waals surface area (Å²) in [5, 5.41) is 6.71. The Morgan fingerprint density at radius 2 is 2.19 bits per heavy atom. The molecule has 1 saturated heterocycles. The van der Waals surface area contributed by atoms with E-state index in [9.17, 15) is 4.79 Å². The lowest BCUT2D eigenvalue weighted by atomic mass is 10.2. The van der Waals surface area contributed by atoms with Gasteiger partial charge in [0.15, 0.2) is 5.82 Å². The van der Waals surface area contributed by atoms with E-state index in [2.05, 4.69) is 15.5 Å². The van der Waals surface area contributed by atoms with Crippen molar-refractivity contribution in [1.82, 2.24) is 10.1 Å². The van der Waals surface area contributed by atoms with Crippen molar-refractivity contribution in [3.63, 3.8) is 0 Å². The average Bonchev–Trinajstić information content (AvgIpc) is 3.11. The van der Waals surface area contributed by atoms with Crippen molar-refractivity contribution in [1.29, 1.82) is 0 Å². The first-order valence-corrected chi connectivity index (χ1v) is 7.03. The molecule has 1 N–H and O–H groups in total. The number of ether oxygens (including phenoxy) is 1. The van der Waals surface area contributed by atoms with Gasteiger partial charge >= 0.3 is 0 Å². The lowest BCUT2D eigenvalue weighted by molar-refractivity contribution is -0.114. The first-order chi connectivity index (χ1) is 10.2. The van der Waals surface area contributed by atoms with Crippen LogP contribution in [0.15, 0.2) is 28.8 Å². The Labute approximate surface area is 122 Å². The zero-order valence-corrected chi connectivity index (χ0v) is 11.8. The van der Waals surface area contributed by atoms with Crippen LogP contribution in [0.4, 0.5) is 5.69 Å². The van der Waals surface area contributed by atoms with Crippen LogP contribution in [0, 0.1) is 0 Å². The highest BCUT2D eigenvalue weighted by Gasteiger charge is 2.19. The number of aromatic nitrogens is 2. The number of nitrogens with zero attached hydrogens (tertiary/aromatic N) is 2. The van der Waals surface area contributed by atoms with Gasteiger partial charge in [0.05, 0.1) is 6.10 Å². The Morgan fingerprint density at radius 1 is 1.38 bits per heavy atom. The Hall–Kier alpha value is -2.21. The third-order valence-electron chi connectivity index (χ3n) is 3.35. The van der Waals surface area contributed by atoms with E-state index in [1.165, 1.54) is 6.92 Å². The van der Waals surface area contributed by atoms with Crippen LogP contribution in [-0.4, -0.2) is 28.8 Å². The molecule has 1 aliphatic heterocycles. The Morgan fingerprint density at radius 3 is 2.86 bits per heavy atom. The first-order valence-electron chi connectivity index (χ1n) is 7.03. The molecule has 0 bridgehead atoms. The topological polar surface area (TPSA) is 77.2 Å². The molecule has 6 nitrogen and oxygen atoms in total. The zero-order valence-electron chi connectivity index (χ0n) is 11.8. The number of benzene rings is 1. The van der Waals surface area contributed by atoms with Gasteiger partial charge in [-0.05, 0) is 37.1 Å². The van der Waals surface area contributed by atoms with Crippen molar-refractivity contribution in [2.24, 2.45) is 0 Å². The van der Waals surface area contributed by atoms with Gasteiger partial charge in [0.25, 0.3) is 5.89 Å². The maximum absolute atomic E-state index is 11.0. The van der Waals surface area contributed by atoms with Gasteiger partial charge in [-0.3, -0.25) is 4.79 Å². The van der Waals surface area contributed by atoms with E-state index in [-0.39, 0.29) is 12.0 Å². The van der Waals surface area contributed by atoms with Crippen molar-refractivity contribution in [3.05, 3.63) is 30.1 Å². The van der Waals surface area contributed by atoms with E-state index in [0.29, 0.717) is 18.1 Å². The predicted octanol–water partition coefficient (Wildman–Crippen LogP) is 2.42. The van der Waals surface area contributed by atoms with Crippen molar-refractivity contribution in [3.8, 4) is 11.5 Å². The number of hydrogen-bond acceptors (Lipinski definition) is 5. The third kappa shape index (κ3) is 3.46. The first kappa shape index (κ1) is 13.8. The standard InChI is InChI=1S/C15H17N3O3/c1-10(19)16-12-6-4-11(5-7-12)15-17-14(18-21-15)9-13-3-2-8-20-13/h4-7,13H,2-3,8-9H2,1H3,(H,16,19)/t13-/m1/s1. The predicted molar refractivity (Wildman–Crippen MR) is 76.7 cm³/mol. The molecule has 1 aliphatic rings. The van der Waals surface area contributed by atoms with E-state index in [1.54, 1.807) is 12.1 Å². The van der Waals surface area contributed by atoms with Crippen LogP contribution in [0.25, 0.3) is 11.5 Å². The Balaban J connectivity index is 1.68. The van der Waals surface area contributed by atoms with Crippen LogP contribution in [0.2, 0.25) is 0 Å². The average molecular weight is 287 g/mol. The minimum atomic E-state index is -0.0978. The maximum Gasteiger partial charge on any atom is 0.257 e. The normalized spacial score (nSPS) is 17.9. The van der Waals surface area contributed by atoms with Gasteiger partial charge < -0.3 is 14.6 Å². The molecule has 2 heterocycles. The molecule has 3 rings (SSSR count). The second-order valence-electron chi connectivity index (χ2n) is 5.11. The molecule has 0 saturated carbocycles. The number of rotatable bonds is 4. The van der Waals surface area contributed by atoms with Gasteiger partial charge in [0.2, 0.25) is 5.91 Å². The molecular weight excluding hydrogens is 270 g/mol. The molecule has 21 heavy (non-hydrogen) atoms. The summed E-state index contributed by atoms with van der Waals surface area (Å²) >= 11 is 0. The molecule has 1 aromatic carbocycles. The van der Waals surface area contributed by atoms with Crippen LogP contribution in [0.5, 0.6) is 0 Å². The van der Waals surface area contributed by atoms with E-state index in [0.717, 1.165) is 30.7 Å². The quantitative estimate of drug-likeness (QED) is 0.934. The van der Waals surface area contributed by atoms with E-state index < -0.39 is 0 Å². The molecule has 0 spiro atoms. The largest absolute Gasteiger partial charge is 0.378 e. The Bertz CT molecular complexity index is 615. The van der Waals surface area contributed by atoms with Gasteiger partial charge in [-0.15, -0.1) is 0 Å². The second kappa shape index (κ2) is 6.05. The smallest absolute Gasteiger partial charge is 0.257 e. The molecule has 6 heteroatoms. The Kier molecular flexibility index (Phi) is 3.96. The second-order valence-corrected chi connectivity index (χ2v) is 5.11. The highest BCUT2D eigenvalue weighted by molar-refractivity contribution is 5.88. The fourth-order valence-corrected chi connectivity index (χ4v) is 2.36. The summed E-state index contributed by atoms with van der Waals surface area (Å²) in [5.41, 5.74) is 1.57. The SMILES string of the molecule is CC(=O)Nc1ccc(-c2nc(C[C@H]3CCCO3)no2)cc1. The number of anilines is 1. The lowest BCUT2D eigenvalue weighted by Gasteiger charge is -2.04. The van der Waals surface area contributed by atoms with E-state index in [1.807, 2.05) is 12.1 Å². The molecule has 0 radical (unpaired) electrons. The van der Waals surface area contributed by atoms with Crippen molar-refractivity contribution in [2.75, 3.05) is 11.9 Å². The number of carbonyl (C=O) groups is 1. The third-order valence-corrected chi connectivity index (χ3v) is 3.35. The van der Waals surface area contributed by atoms with Gasteiger partial charge in [-0.2, -0.15) is 4.98 Å². The fraction of sp³-hybridized carbons (Fsp3) is 0.400. The van der Waals surface area contributed by atoms with E-state index in [4.69, 9.17) is 9.26 Å². The minimum absolute atomic E-state index is 0.0978. The monoisotopic (exact) mass is 287 g/mol. The molecule has 0 unspecified atom stereocenters. The maximum atomic E-state index is 11.0. The number of amides is 1. The molecule has 0 aliphatic carbocycles. The fourth-order valence-electron chi connectivity index (χ4n) is 2.36. The summed E-state index contributed by atoms with van der Waals surface area (Å²) in [6.07, 6.45) is 3.04. The van der Waals surface area contributed by atoms with Gasteiger partial charge in [-0.25, -0.2) is 0 Å². The lowest BCUT2D eigenvalue weighted by Crippen LogP contribution is -2.09. The van der Waals surface area contributed by atoms with Crippen LogP contribution in [0.3, 0.4) is 0 Å². The highest BCUT2D eigenvalue weighted by Crippen LogP contribution is 2.21. The summed E-state index contributed by atoms with van der Waals surface area (Å²) < 4.78 is 10.8. The highest BCUT2D eigenvalue weighted by atomic mass is 16.5. The summed E-state index contributed by atoms with van der Waals surface area (Å²) in [7, 11) is 0. The van der Waals surface area contributed by atoms with Crippen molar-refractivity contribution in [2.45, 2.75) is 32.3 Å². The number of nitrogens with one attached hydrogen (secondary N) is 1. The van der Waals surface area contributed by atoms with Crippen molar-refractivity contribution < 1.29 is 14.1 Å². The van der Waals surface area contributed by atoms with Crippen LogP contribution >= 0.6 is 0 Å². The molecule has 1 atom stereocenters. The molecule has 110 valence electrons. The van der Waals surface area contributed by atoms with Crippen LogP contribution < -0.4 is 5.32 Å². The molecular formula is C15H17N3O3. The zero-order chi connectivity index (χ0) is 14.7. The van der Waals surface area contributed by atoms with Gasteiger partial charge in [0.1, 0.15) is 0 Å². The van der Waals surface area contributed by atoms with Crippen LogP contribution in [-0.2, 0) is 16.0 Å². The summed E-state index contributed by atoms with van der Waals surface area (Å²) in [6.45, 7) is 2.29. The number of hydrogen-bond donors (Lipinski definition) is 1.